The fourth-order valence-electron chi connectivity index (χ4n) is 4.35. The number of carbonyl (C=O) groups is 2. The minimum Gasteiger partial charge on any atom is -0.507 e. The van der Waals surface area contributed by atoms with Gasteiger partial charge in [-0.2, -0.15) is 0 Å². The van der Waals surface area contributed by atoms with Gasteiger partial charge in [0.05, 0.1) is 18.7 Å². The molecular weight excluding hydrogens is 424 g/mol. The summed E-state index contributed by atoms with van der Waals surface area (Å²) >= 11 is 0. The van der Waals surface area contributed by atoms with Crippen LogP contribution >= 0.6 is 0 Å². The number of Topliss-reactive ketones (excluding diaryl/α,β-unsaturated/α-hetero) is 1. The fraction of sp³-hybridized carbons (Fsp3) is 0.360. The van der Waals surface area contributed by atoms with E-state index in [-0.39, 0.29) is 35.5 Å². The fourth-order valence-corrected chi connectivity index (χ4v) is 4.35. The topological polar surface area (TPSA) is 99.5 Å². The summed E-state index contributed by atoms with van der Waals surface area (Å²) in [5, 5.41) is 21.3. The Labute approximate surface area is 192 Å². The Balaban J connectivity index is 1.84. The van der Waals surface area contributed by atoms with Crippen molar-refractivity contribution in [2.75, 3.05) is 34.3 Å². The molecule has 174 valence electrons. The van der Waals surface area contributed by atoms with Gasteiger partial charge in [-0.15, -0.1) is 0 Å². The Kier molecular flexibility index (Phi) is 6.03. The number of hydrogen-bond acceptors (Lipinski definition) is 7. The summed E-state index contributed by atoms with van der Waals surface area (Å²) in [6, 6.07) is 9.11. The van der Waals surface area contributed by atoms with E-state index in [1.165, 1.54) is 18.1 Å². The summed E-state index contributed by atoms with van der Waals surface area (Å²) in [6.07, 6.45) is 0.741. The number of aliphatic hydroxyl groups excluding tert-OH is 1. The highest BCUT2D eigenvalue weighted by atomic mass is 16.5. The zero-order valence-electron chi connectivity index (χ0n) is 19.2. The van der Waals surface area contributed by atoms with Gasteiger partial charge >= 0.3 is 0 Å². The number of rotatable bonds is 6. The number of ketones is 1. The number of ether oxygens (including phenoxy) is 2. The first kappa shape index (κ1) is 22.7. The van der Waals surface area contributed by atoms with Crippen LogP contribution in [0, 0.1) is 0 Å². The first-order valence-corrected chi connectivity index (χ1v) is 10.8. The quantitative estimate of drug-likeness (QED) is 0.395. The monoisotopic (exact) mass is 452 g/mol. The molecule has 8 nitrogen and oxygen atoms in total. The first-order valence-electron chi connectivity index (χ1n) is 10.8. The van der Waals surface area contributed by atoms with Crippen molar-refractivity contribution in [2.45, 2.75) is 25.5 Å². The highest BCUT2D eigenvalue weighted by Gasteiger charge is 2.46. The molecule has 2 aromatic rings. The summed E-state index contributed by atoms with van der Waals surface area (Å²) in [5.74, 6) is -0.735. The lowest BCUT2D eigenvalue weighted by atomic mass is 9.94. The Bertz CT molecular complexity index is 1140. The van der Waals surface area contributed by atoms with Gasteiger partial charge in [-0.1, -0.05) is 6.07 Å². The molecule has 1 saturated heterocycles. The maximum absolute atomic E-state index is 13.1. The SMILES string of the molecule is COc1cc(C2C(=C(O)c3ccc4c(c3)CC(C)O4)C(=O)C(=O)N2CCN(C)C)ccc1O. The van der Waals surface area contributed by atoms with E-state index in [4.69, 9.17) is 9.47 Å². The summed E-state index contributed by atoms with van der Waals surface area (Å²) < 4.78 is 11.0. The van der Waals surface area contributed by atoms with Gasteiger partial charge in [-0.3, -0.25) is 9.59 Å². The summed E-state index contributed by atoms with van der Waals surface area (Å²) in [4.78, 5) is 29.5. The van der Waals surface area contributed by atoms with E-state index < -0.39 is 17.7 Å². The number of amides is 1. The van der Waals surface area contributed by atoms with Crippen molar-refractivity contribution < 1.29 is 29.3 Å². The number of phenolic OH excluding ortho intramolecular Hbond substituents is 1. The molecule has 33 heavy (non-hydrogen) atoms. The largest absolute Gasteiger partial charge is 0.507 e. The lowest BCUT2D eigenvalue weighted by molar-refractivity contribution is -0.140. The van der Waals surface area contributed by atoms with Crippen molar-refractivity contribution in [2.24, 2.45) is 0 Å². The maximum atomic E-state index is 13.1. The Morgan fingerprint density at radius 3 is 2.67 bits per heavy atom. The summed E-state index contributed by atoms with van der Waals surface area (Å²) in [5.41, 5.74) is 1.96. The molecule has 0 saturated carbocycles. The number of hydrogen-bond donors (Lipinski definition) is 2. The van der Waals surface area contributed by atoms with Crippen molar-refractivity contribution in [3.8, 4) is 17.2 Å². The number of likely N-dealkylation sites (N-methyl/N-ethyl adjacent to an activating group) is 1. The van der Waals surface area contributed by atoms with Crippen LogP contribution in [0.5, 0.6) is 17.2 Å². The molecule has 2 aliphatic rings. The second-order valence-electron chi connectivity index (χ2n) is 8.68. The van der Waals surface area contributed by atoms with Crippen LogP contribution in [0.3, 0.4) is 0 Å². The smallest absolute Gasteiger partial charge is 0.295 e. The molecule has 2 unspecified atom stereocenters. The molecule has 2 atom stereocenters. The van der Waals surface area contributed by atoms with E-state index in [1.807, 2.05) is 25.9 Å². The molecule has 4 rings (SSSR count). The normalized spacial score (nSPS) is 21.4. The van der Waals surface area contributed by atoms with Crippen molar-refractivity contribution in [1.29, 1.82) is 0 Å². The van der Waals surface area contributed by atoms with Gasteiger partial charge in [0.15, 0.2) is 11.5 Å². The number of phenols is 1. The predicted octanol–water partition coefficient (Wildman–Crippen LogP) is 2.71. The third-order valence-corrected chi connectivity index (χ3v) is 6.02. The van der Waals surface area contributed by atoms with E-state index in [9.17, 15) is 19.8 Å². The zero-order valence-corrected chi connectivity index (χ0v) is 19.2. The lowest BCUT2D eigenvalue weighted by Crippen LogP contribution is -2.35. The van der Waals surface area contributed by atoms with Crippen LogP contribution < -0.4 is 9.47 Å². The molecule has 0 bridgehead atoms. The zero-order chi connectivity index (χ0) is 23.9. The van der Waals surface area contributed by atoms with Gasteiger partial charge in [0.2, 0.25) is 0 Å². The third kappa shape index (κ3) is 4.14. The molecule has 0 aliphatic carbocycles. The number of benzene rings is 2. The van der Waals surface area contributed by atoms with Crippen LogP contribution in [0.4, 0.5) is 0 Å². The van der Waals surface area contributed by atoms with Gasteiger partial charge < -0.3 is 29.5 Å². The maximum Gasteiger partial charge on any atom is 0.295 e. The Morgan fingerprint density at radius 2 is 1.97 bits per heavy atom. The van der Waals surface area contributed by atoms with E-state index in [0.29, 0.717) is 24.1 Å². The van der Waals surface area contributed by atoms with Gasteiger partial charge in [0.1, 0.15) is 17.6 Å². The van der Waals surface area contributed by atoms with Crippen molar-refractivity contribution >= 4 is 17.4 Å². The van der Waals surface area contributed by atoms with Crippen LogP contribution in [-0.2, 0) is 16.0 Å². The molecule has 2 N–H and O–H groups in total. The molecule has 2 heterocycles. The van der Waals surface area contributed by atoms with Crippen LogP contribution in [0.25, 0.3) is 5.76 Å². The van der Waals surface area contributed by atoms with Crippen molar-refractivity contribution in [3.05, 3.63) is 58.7 Å². The Morgan fingerprint density at radius 1 is 1.21 bits per heavy atom. The number of aliphatic hydroxyl groups is 1. The van der Waals surface area contributed by atoms with E-state index in [1.54, 1.807) is 30.3 Å². The number of methoxy groups -OCH3 is 1. The van der Waals surface area contributed by atoms with Crippen LogP contribution in [-0.4, -0.2) is 72.1 Å². The highest BCUT2D eigenvalue weighted by Crippen LogP contribution is 2.42. The van der Waals surface area contributed by atoms with Crippen LogP contribution in [0.2, 0.25) is 0 Å². The van der Waals surface area contributed by atoms with E-state index in [2.05, 4.69) is 0 Å². The molecule has 2 aliphatic heterocycles. The number of likely N-dealkylation sites (tertiary alicyclic amines) is 1. The average Bonchev–Trinajstić information content (AvgIpc) is 3.27. The number of nitrogens with zero attached hydrogens (tertiary/aromatic N) is 2. The second-order valence-corrected chi connectivity index (χ2v) is 8.68. The van der Waals surface area contributed by atoms with Crippen LogP contribution in [0.1, 0.15) is 29.7 Å². The number of carbonyl (C=O) groups excluding carboxylic acids is 2. The molecule has 1 amide bonds. The standard InChI is InChI=1S/C25H28N2O6/c1-14-11-17-12-16(6-8-19(17)33-14)23(29)21-22(15-5-7-18(28)20(13-15)32-4)27(10-9-26(2)3)25(31)24(21)30/h5-8,12-14,22,28-29H,9-11H2,1-4H3. The minimum atomic E-state index is -0.817. The summed E-state index contributed by atoms with van der Waals surface area (Å²) in [6.45, 7) is 2.79. The van der Waals surface area contributed by atoms with Gasteiger partial charge in [-0.05, 0) is 62.5 Å². The van der Waals surface area contributed by atoms with E-state index >= 15 is 0 Å². The molecule has 0 spiro atoms. The molecular formula is C25H28N2O6. The van der Waals surface area contributed by atoms with Crippen molar-refractivity contribution in [3.63, 3.8) is 0 Å². The van der Waals surface area contributed by atoms with Crippen LogP contribution in [0.15, 0.2) is 42.0 Å². The number of aromatic hydroxyl groups is 1. The average molecular weight is 453 g/mol. The second kappa shape index (κ2) is 8.78. The van der Waals surface area contributed by atoms with Gasteiger partial charge in [0, 0.05) is 25.1 Å². The third-order valence-electron chi connectivity index (χ3n) is 6.02. The first-order chi connectivity index (χ1) is 15.7. The lowest BCUT2D eigenvalue weighted by Gasteiger charge is -2.27. The van der Waals surface area contributed by atoms with Gasteiger partial charge in [-0.25, -0.2) is 0 Å². The van der Waals surface area contributed by atoms with Crippen molar-refractivity contribution in [1.82, 2.24) is 9.80 Å². The molecule has 1 fully saturated rings. The predicted molar refractivity (Wildman–Crippen MR) is 122 cm³/mol. The molecule has 2 aromatic carbocycles. The van der Waals surface area contributed by atoms with E-state index in [0.717, 1.165) is 11.3 Å². The molecule has 8 heteroatoms. The Hall–Kier alpha value is -3.52. The van der Waals surface area contributed by atoms with Gasteiger partial charge in [0.25, 0.3) is 11.7 Å². The molecule has 0 radical (unpaired) electrons. The minimum absolute atomic E-state index is 0.0124. The summed E-state index contributed by atoms with van der Waals surface area (Å²) in [7, 11) is 5.18. The highest BCUT2D eigenvalue weighted by molar-refractivity contribution is 6.46. The number of fused-ring (bicyclic) bond motifs is 1. The molecule has 0 aromatic heterocycles.